The Kier molecular flexibility index (Phi) is 4.06. The van der Waals surface area contributed by atoms with Gasteiger partial charge in [-0.1, -0.05) is 24.7 Å². The average Bonchev–Trinajstić information content (AvgIpc) is 2.87. The molecule has 94 valence electrons. The summed E-state index contributed by atoms with van der Waals surface area (Å²) in [4.78, 5) is 0.893. The second kappa shape index (κ2) is 5.55. The summed E-state index contributed by atoms with van der Waals surface area (Å²) in [6.45, 7) is 4.93. The van der Waals surface area contributed by atoms with E-state index in [0.717, 1.165) is 47.5 Å². The van der Waals surface area contributed by atoms with E-state index < -0.39 is 0 Å². The van der Waals surface area contributed by atoms with Gasteiger partial charge >= 0.3 is 0 Å². The SMILES string of the molecule is CCC(CCN)CCc1nn2c(C)nnc2s1. The van der Waals surface area contributed by atoms with Crippen LogP contribution in [0.2, 0.25) is 0 Å². The topological polar surface area (TPSA) is 69.1 Å². The molecule has 5 nitrogen and oxygen atoms in total. The van der Waals surface area contributed by atoms with Gasteiger partial charge in [-0.05, 0) is 32.2 Å². The Hall–Kier alpha value is -1.01. The lowest BCUT2D eigenvalue weighted by Gasteiger charge is -2.11. The molecule has 0 amide bonds. The van der Waals surface area contributed by atoms with Gasteiger partial charge in [-0.15, -0.1) is 10.2 Å². The number of hydrogen-bond acceptors (Lipinski definition) is 5. The molecule has 0 aliphatic carbocycles. The first-order chi connectivity index (χ1) is 8.24. The Morgan fingerprint density at radius 2 is 2.18 bits per heavy atom. The molecule has 2 rings (SSSR count). The number of fused-ring (bicyclic) bond motifs is 1. The molecule has 0 spiro atoms. The van der Waals surface area contributed by atoms with Crippen LogP contribution in [0, 0.1) is 12.8 Å². The van der Waals surface area contributed by atoms with Crippen molar-refractivity contribution in [3.63, 3.8) is 0 Å². The summed E-state index contributed by atoms with van der Waals surface area (Å²) < 4.78 is 1.82. The van der Waals surface area contributed by atoms with Crippen molar-refractivity contribution in [3.8, 4) is 0 Å². The average molecular weight is 253 g/mol. The minimum atomic E-state index is 0.718. The van der Waals surface area contributed by atoms with Crippen LogP contribution in [0.25, 0.3) is 4.96 Å². The van der Waals surface area contributed by atoms with Crippen LogP contribution in [0.1, 0.15) is 37.0 Å². The minimum absolute atomic E-state index is 0.718. The predicted molar refractivity (Wildman–Crippen MR) is 69.2 cm³/mol. The quantitative estimate of drug-likeness (QED) is 0.852. The molecular weight excluding hydrogens is 234 g/mol. The maximum atomic E-state index is 5.60. The van der Waals surface area contributed by atoms with E-state index in [1.807, 2.05) is 11.4 Å². The van der Waals surface area contributed by atoms with E-state index in [1.165, 1.54) is 6.42 Å². The number of hydrogen-bond donors (Lipinski definition) is 1. The molecule has 0 bridgehead atoms. The van der Waals surface area contributed by atoms with Crippen molar-refractivity contribution in [1.29, 1.82) is 0 Å². The van der Waals surface area contributed by atoms with E-state index >= 15 is 0 Å². The Balaban J connectivity index is 1.98. The maximum Gasteiger partial charge on any atom is 0.234 e. The molecule has 2 N–H and O–H groups in total. The summed E-state index contributed by atoms with van der Waals surface area (Å²) in [7, 11) is 0. The van der Waals surface area contributed by atoms with Crippen LogP contribution in [-0.4, -0.2) is 26.4 Å². The third-order valence-corrected chi connectivity index (χ3v) is 4.07. The van der Waals surface area contributed by atoms with E-state index in [2.05, 4.69) is 22.2 Å². The van der Waals surface area contributed by atoms with E-state index in [-0.39, 0.29) is 0 Å². The summed E-state index contributed by atoms with van der Waals surface area (Å²) in [6, 6.07) is 0. The molecule has 17 heavy (non-hydrogen) atoms. The summed E-state index contributed by atoms with van der Waals surface area (Å²) in [5.74, 6) is 1.58. The zero-order chi connectivity index (χ0) is 12.3. The van der Waals surface area contributed by atoms with Crippen molar-refractivity contribution in [2.45, 2.75) is 39.5 Å². The van der Waals surface area contributed by atoms with E-state index in [1.54, 1.807) is 11.3 Å². The van der Waals surface area contributed by atoms with Gasteiger partial charge in [0.1, 0.15) is 5.01 Å². The van der Waals surface area contributed by atoms with Gasteiger partial charge in [0.25, 0.3) is 0 Å². The third-order valence-electron chi connectivity index (χ3n) is 3.11. The highest BCUT2D eigenvalue weighted by Gasteiger charge is 2.11. The lowest BCUT2D eigenvalue weighted by molar-refractivity contribution is 0.442. The second-order valence-electron chi connectivity index (χ2n) is 4.33. The summed E-state index contributed by atoms with van der Waals surface area (Å²) in [6.07, 6.45) is 4.49. The van der Waals surface area contributed by atoms with Crippen molar-refractivity contribution < 1.29 is 0 Å². The Labute approximate surface area is 105 Å². The molecule has 1 unspecified atom stereocenters. The van der Waals surface area contributed by atoms with Crippen LogP contribution in [0.5, 0.6) is 0 Å². The first-order valence-corrected chi connectivity index (χ1v) is 6.94. The van der Waals surface area contributed by atoms with Crippen molar-refractivity contribution in [2.75, 3.05) is 6.54 Å². The highest BCUT2D eigenvalue weighted by Crippen LogP contribution is 2.19. The number of nitrogens with two attached hydrogens (primary N) is 1. The van der Waals surface area contributed by atoms with Crippen LogP contribution in [-0.2, 0) is 6.42 Å². The molecular formula is C11H19N5S. The minimum Gasteiger partial charge on any atom is -0.330 e. The largest absolute Gasteiger partial charge is 0.330 e. The van der Waals surface area contributed by atoms with Gasteiger partial charge in [-0.2, -0.15) is 9.61 Å². The highest BCUT2D eigenvalue weighted by molar-refractivity contribution is 7.16. The molecule has 2 aromatic rings. The smallest absolute Gasteiger partial charge is 0.234 e. The van der Waals surface area contributed by atoms with Gasteiger partial charge in [0.15, 0.2) is 5.82 Å². The highest BCUT2D eigenvalue weighted by atomic mass is 32.1. The van der Waals surface area contributed by atoms with Gasteiger partial charge in [0.2, 0.25) is 4.96 Å². The normalized spacial score (nSPS) is 13.4. The van der Waals surface area contributed by atoms with Gasteiger partial charge in [0.05, 0.1) is 0 Å². The third kappa shape index (κ3) is 2.81. The molecule has 0 radical (unpaired) electrons. The van der Waals surface area contributed by atoms with Gasteiger partial charge in [0, 0.05) is 6.42 Å². The molecule has 0 aliphatic rings. The Bertz CT molecular complexity index is 475. The van der Waals surface area contributed by atoms with Crippen LogP contribution in [0.4, 0.5) is 0 Å². The number of aromatic nitrogens is 4. The standard InChI is InChI=1S/C11H19N5S/c1-3-9(6-7-12)4-5-10-15-16-8(2)13-14-11(16)17-10/h9H,3-7,12H2,1-2H3. The fraction of sp³-hybridized carbons (Fsp3) is 0.727. The van der Waals surface area contributed by atoms with Crippen molar-refractivity contribution in [1.82, 2.24) is 19.8 Å². The summed E-state index contributed by atoms with van der Waals surface area (Å²) in [5, 5.41) is 13.7. The number of rotatable bonds is 6. The molecule has 0 saturated heterocycles. The zero-order valence-corrected chi connectivity index (χ0v) is 11.2. The first kappa shape index (κ1) is 12.4. The molecule has 1 atom stereocenters. The van der Waals surface area contributed by atoms with Crippen molar-refractivity contribution in [2.24, 2.45) is 11.7 Å². The molecule has 0 fully saturated rings. The first-order valence-electron chi connectivity index (χ1n) is 6.12. The number of aryl methyl sites for hydroxylation is 2. The van der Waals surface area contributed by atoms with Gasteiger partial charge in [-0.25, -0.2) is 0 Å². The molecule has 6 heteroatoms. The molecule has 2 aromatic heterocycles. The van der Waals surface area contributed by atoms with E-state index in [0.29, 0.717) is 0 Å². The molecule has 0 aromatic carbocycles. The maximum absolute atomic E-state index is 5.60. The lowest BCUT2D eigenvalue weighted by atomic mass is 9.97. The van der Waals surface area contributed by atoms with Crippen molar-refractivity contribution >= 4 is 16.3 Å². The van der Waals surface area contributed by atoms with Crippen LogP contribution < -0.4 is 5.73 Å². The van der Waals surface area contributed by atoms with Crippen LogP contribution in [0.15, 0.2) is 0 Å². The van der Waals surface area contributed by atoms with Gasteiger partial charge in [-0.3, -0.25) is 0 Å². The van der Waals surface area contributed by atoms with Crippen LogP contribution in [0.3, 0.4) is 0 Å². The van der Waals surface area contributed by atoms with E-state index in [9.17, 15) is 0 Å². The Morgan fingerprint density at radius 1 is 1.35 bits per heavy atom. The fourth-order valence-corrected chi connectivity index (χ4v) is 2.87. The zero-order valence-electron chi connectivity index (χ0n) is 10.4. The lowest BCUT2D eigenvalue weighted by Crippen LogP contribution is -2.09. The molecule has 2 heterocycles. The van der Waals surface area contributed by atoms with Crippen LogP contribution >= 0.6 is 11.3 Å². The summed E-state index contributed by atoms with van der Waals surface area (Å²) >= 11 is 1.64. The van der Waals surface area contributed by atoms with E-state index in [4.69, 9.17) is 5.73 Å². The fourth-order valence-electron chi connectivity index (χ4n) is 1.97. The predicted octanol–water partition coefficient (Wildman–Crippen LogP) is 1.80. The van der Waals surface area contributed by atoms with Crippen molar-refractivity contribution in [3.05, 3.63) is 10.8 Å². The second-order valence-corrected chi connectivity index (χ2v) is 5.37. The number of nitrogens with zero attached hydrogens (tertiary/aromatic N) is 4. The molecule has 0 saturated carbocycles. The monoisotopic (exact) mass is 253 g/mol. The summed E-state index contributed by atoms with van der Waals surface area (Å²) in [5.41, 5.74) is 5.60. The Morgan fingerprint density at radius 3 is 2.82 bits per heavy atom. The molecule has 0 aliphatic heterocycles. The van der Waals surface area contributed by atoms with Gasteiger partial charge < -0.3 is 5.73 Å².